The predicted octanol–water partition coefficient (Wildman–Crippen LogP) is 3.88. The molecular formula is C32H33N7O2. The summed E-state index contributed by atoms with van der Waals surface area (Å²) in [6.45, 7) is 3.32. The highest BCUT2D eigenvalue weighted by Crippen LogP contribution is 2.17. The van der Waals surface area contributed by atoms with Crippen molar-refractivity contribution in [3.8, 4) is 6.07 Å². The molecule has 0 radical (unpaired) electrons. The third kappa shape index (κ3) is 7.38. The van der Waals surface area contributed by atoms with Gasteiger partial charge in [0.15, 0.2) is 0 Å². The van der Waals surface area contributed by atoms with Crippen molar-refractivity contribution < 1.29 is 9.59 Å². The number of rotatable bonds is 9. The molecule has 3 aromatic carbocycles. The Kier molecular flexibility index (Phi) is 9.04. The van der Waals surface area contributed by atoms with Crippen LogP contribution in [0.1, 0.15) is 22.4 Å². The smallest absolute Gasteiger partial charge is 0.322 e. The zero-order valence-electron chi connectivity index (χ0n) is 22.8. The normalized spacial score (nSPS) is 15.2. The van der Waals surface area contributed by atoms with Crippen LogP contribution >= 0.6 is 0 Å². The Hall–Kier alpha value is -4.94. The van der Waals surface area contributed by atoms with Crippen molar-refractivity contribution in [3.63, 3.8) is 0 Å². The molecule has 41 heavy (non-hydrogen) atoms. The number of benzene rings is 3. The van der Waals surface area contributed by atoms with Gasteiger partial charge in [0.05, 0.1) is 18.0 Å². The molecule has 1 fully saturated rings. The number of nitrogens with zero attached hydrogens (tertiary/aromatic N) is 5. The van der Waals surface area contributed by atoms with Crippen molar-refractivity contribution in [2.45, 2.75) is 25.6 Å². The Morgan fingerprint density at radius 1 is 0.902 bits per heavy atom. The lowest BCUT2D eigenvalue weighted by Gasteiger charge is -2.40. The number of piperazine rings is 1. The number of aromatic nitrogens is 2. The molecule has 0 saturated carbocycles. The number of anilines is 1. The third-order valence-corrected chi connectivity index (χ3v) is 7.22. The van der Waals surface area contributed by atoms with E-state index in [0.717, 1.165) is 11.3 Å². The van der Waals surface area contributed by atoms with Crippen LogP contribution in [0.3, 0.4) is 0 Å². The number of nitrogens with one attached hydrogen (secondary N) is 2. The number of urea groups is 1. The first-order valence-electron chi connectivity index (χ1n) is 13.7. The summed E-state index contributed by atoms with van der Waals surface area (Å²) in [7, 11) is 0. The second kappa shape index (κ2) is 13.4. The minimum absolute atomic E-state index is 0.177. The molecule has 0 unspecified atom stereocenters. The third-order valence-electron chi connectivity index (χ3n) is 7.22. The number of amides is 3. The largest absolute Gasteiger partial charge is 0.354 e. The SMILES string of the molecule is N#Cc1ccc(Cn2cncc2CCNC(=O)[C@H]2CN(Cc3ccccc3)CCN2C(=O)Nc2ccccc2)cc1. The van der Waals surface area contributed by atoms with Gasteiger partial charge in [-0.1, -0.05) is 60.7 Å². The molecule has 1 aromatic heterocycles. The second-order valence-electron chi connectivity index (χ2n) is 10.1. The molecule has 0 spiro atoms. The van der Waals surface area contributed by atoms with Crippen LogP contribution in [0, 0.1) is 11.3 Å². The molecule has 208 valence electrons. The van der Waals surface area contributed by atoms with E-state index in [-0.39, 0.29) is 11.9 Å². The van der Waals surface area contributed by atoms with Gasteiger partial charge in [0, 0.05) is 63.3 Å². The number of hydrogen-bond acceptors (Lipinski definition) is 5. The predicted molar refractivity (Wildman–Crippen MR) is 157 cm³/mol. The van der Waals surface area contributed by atoms with E-state index in [1.165, 1.54) is 5.56 Å². The van der Waals surface area contributed by atoms with Crippen LogP contribution in [-0.4, -0.2) is 63.5 Å². The molecule has 1 aliphatic heterocycles. The van der Waals surface area contributed by atoms with E-state index in [0.29, 0.717) is 56.9 Å². The lowest BCUT2D eigenvalue weighted by atomic mass is 10.1. The Morgan fingerprint density at radius 2 is 1.61 bits per heavy atom. The monoisotopic (exact) mass is 547 g/mol. The van der Waals surface area contributed by atoms with Gasteiger partial charge < -0.3 is 20.1 Å². The maximum Gasteiger partial charge on any atom is 0.322 e. The molecule has 3 amide bonds. The highest BCUT2D eigenvalue weighted by Gasteiger charge is 2.35. The molecule has 9 nitrogen and oxygen atoms in total. The quantitative estimate of drug-likeness (QED) is 0.331. The lowest BCUT2D eigenvalue weighted by molar-refractivity contribution is -0.127. The number of carbonyl (C=O) groups excluding carboxylic acids is 2. The van der Waals surface area contributed by atoms with Gasteiger partial charge in [0.25, 0.3) is 0 Å². The Labute approximate surface area is 240 Å². The van der Waals surface area contributed by atoms with Crippen molar-refractivity contribution in [2.24, 2.45) is 0 Å². The highest BCUT2D eigenvalue weighted by atomic mass is 16.2. The van der Waals surface area contributed by atoms with Crippen molar-refractivity contribution in [3.05, 3.63) is 120 Å². The van der Waals surface area contributed by atoms with Gasteiger partial charge in [0.1, 0.15) is 6.04 Å². The minimum atomic E-state index is -0.625. The fourth-order valence-corrected chi connectivity index (χ4v) is 5.02. The molecule has 0 aliphatic carbocycles. The van der Waals surface area contributed by atoms with Crippen molar-refractivity contribution in [1.82, 2.24) is 24.7 Å². The van der Waals surface area contributed by atoms with Crippen LogP contribution in [0.25, 0.3) is 0 Å². The number of para-hydroxylation sites is 1. The van der Waals surface area contributed by atoms with Gasteiger partial charge in [-0.05, 0) is 35.4 Å². The first kappa shape index (κ1) is 27.6. The zero-order chi connectivity index (χ0) is 28.4. The summed E-state index contributed by atoms with van der Waals surface area (Å²) in [5.41, 5.74) is 4.54. The van der Waals surface area contributed by atoms with E-state index in [9.17, 15) is 9.59 Å². The summed E-state index contributed by atoms with van der Waals surface area (Å²) in [4.78, 5) is 34.9. The van der Waals surface area contributed by atoms with Crippen molar-refractivity contribution >= 4 is 17.6 Å². The summed E-state index contributed by atoms with van der Waals surface area (Å²) >= 11 is 0. The van der Waals surface area contributed by atoms with E-state index in [1.54, 1.807) is 29.6 Å². The zero-order valence-corrected chi connectivity index (χ0v) is 22.8. The topological polar surface area (TPSA) is 106 Å². The van der Waals surface area contributed by atoms with Crippen LogP contribution in [-0.2, 0) is 24.3 Å². The Morgan fingerprint density at radius 3 is 2.34 bits per heavy atom. The van der Waals surface area contributed by atoms with Crippen LogP contribution < -0.4 is 10.6 Å². The second-order valence-corrected chi connectivity index (χ2v) is 10.1. The lowest BCUT2D eigenvalue weighted by Crippen LogP contribution is -2.61. The van der Waals surface area contributed by atoms with Crippen molar-refractivity contribution in [2.75, 3.05) is 31.5 Å². The van der Waals surface area contributed by atoms with Crippen molar-refractivity contribution in [1.29, 1.82) is 5.26 Å². The molecular weight excluding hydrogens is 514 g/mol. The van der Waals surface area contributed by atoms with E-state index in [1.807, 2.05) is 65.2 Å². The van der Waals surface area contributed by atoms with E-state index in [4.69, 9.17) is 5.26 Å². The molecule has 1 saturated heterocycles. The van der Waals surface area contributed by atoms with Gasteiger partial charge >= 0.3 is 6.03 Å². The van der Waals surface area contributed by atoms with E-state index < -0.39 is 6.04 Å². The van der Waals surface area contributed by atoms with Crippen LogP contribution in [0.5, 0.6) is 0 Å². The number of carbonyl (C=O) groups is 2. The first-order valence-corrected chi connectivity index (χ1v) is 13.7. The molecule has 1 aliphatic rings. The Balaban J connectivity index is 1.22. The minimum Gasteiger partial charge on any atom is -0.354 e. The Bertz CT molecular complexity index is 1480. The highest BCUT2D eigenvalue weighted by molar-refractivity contribution is 5.94. The van der Waals surface area contributed by atoms with Gasteiger partial charge in [-0.3, -0.25) is 9.69 Å². The number of hydrogen-bond donors (Lipinski definition) is 2. The van der Waals surface area contributed by atoms with E-state index in [2.05, 4.69) is 38.7 Å². The molecule has 0 bridgehead atoms. The summed E-state index contributed by atoms with van der Waals surface area (Å²) in [5.74, 6) is -0.177. The average molecular weight is 548 g/mol. The fourth-order valence-electron chi connectivity index (χ4n) is 5.02. The van der Waals surface area contributed by atoms with Gasteiger partial charge in [-0.15, -0.1) is 0 Å². The van der Waals surface area contributed by atoms with Gasteiger partial charge in [-0.2, -0.15) is 5.26 Å². The molecule has 1 atom stereocenters. The molecule has 2 heterocycles. The summed E-state index contributed by atoms with van der Waals surface area (Å²) in [5, 5.41) is 15.0. The number of nitriles is 1. The van der Waals surface area contributed by atoms with Gasteiger partial charge in [0.2, 0.25) is 5.91 Å². The summed E-state index contributed by atoms with van der Waals surface area (Å²) in [6, 6.07) is 28.1. The van der Waals surface area contributed by atoms with E-state index >= 15 is 0 Å². The molecule has 5 rings (SSSR count). The van der Waals surface area contributed by atoms with Gasteiger partial charge in [-0.25, -0.2) is 9.78 Å². The number of imidazole rings is 1. The summed E-state index contributed by atoms with van der Waals surface area (Å²) in [6.07, 6.45) is 4.17. The molecule has 2 N–H and O–H groups in total. The van der Waals surface area contributed by atoms with Crippen LogP contribution in [0.15, 0.2) is 97.5 Å². The van der Waals surface area contributed by atoms with Crippen LogP contribution in [0.2, 0.25) is 0 Å². The maximum absolute atomic E-state index is 13.5. The molecule has 9 heteroatoms. The fraction of sp³-hybridized carbons (Fsp3) is 0.250. The average Bonchev–Trinajstić information content (AvgIpc) is 3.45. The molecule has 4 aromatic rings. The standard InChI is InChI=1S/C32H33N7O2/c33-19-25-11-13-27(14-12-25)22-38-24-34-20-29(38)15-16-35-31(40)30-23-37(21-26-7-3-1-4-8-26)17-18-39(30)32(41)36-28-9-5-2-6-10-28/h1-14,20,24,30H,15-18,21-23H2,(H,35,40)(H,36,41)/t30-/m1/s1. The summed E-state index contributed by atoms with van der Waals surface area (Å²) < 4.78 is 2.04. The maximum atomic E-state index is 13.5. The van der Waals surface area contributed by atoms with Crippen LogP contribution in [0.4, 0.5) is 10.5 Å². The first-order chi connectivity index (χ1) is 20.1.